The molecule has 0 aliphatic rings. The average Bonchev–Trinajstić information content (AvgIpc) is 3.05. The molecule has 142 valence electrons. The molecule has 0 atom stereocenters. The molecule has 0 fully saturated rings. The second-order valence-electron chi connectivity index (χ2n) is 6.59. The van der Waals surface area contributed by atoms with Crippen LogP contribution in [0.5, 0.6) is 0 Å². The summed E-state index contributed by atoms with van der Waals surface area (Å²) < 4.78 is 30.0. The lowest BCUT2D eigenvalue weighted by molar-refractivity contribution is 0.576. The maximum atomic E-state index is 12.7. The number of hydrogen-bond acceptors (Lipinski definition) is 4. The molecule has 0 saturated heterocycles. The standard InChI is InChI=1S/C21H20N4O2S/c1-16-7-5-10-18(13-16)28(26,27)23-14-20-24-19-11-6-12-22-21(19)25(20)15-17-8-3-2-4-9-17/h2-13,23H,14-15H2,1H3. The SMILES string of the molecule is Cc1cccc(S(=O)(=O)NCc2nc3cccnc3n2Cc2ccccc2)c1. The van der Waals surface area contributed by atoms with Gasteiger partial charge in [0.2, 0.25) is 10.0 Å². The summed E-state index contributed by atoms with van der Waals surface area (Å²) in [6.07, 6.45) is 1.71. The first-order chi connectivity index (χ1) is 13.5. The van der Waals surface area contributed by atoms with Gasteiger partial charge in [0.05, 0.1) is 18.0 Å². The Hall–Kier alpha value is -3.03. The number of nitrogens with one attached hydrogen (secondary N) is 1. The Morgan fingerprint density at radius 2 is 1.82 bits per heavy atom. The smallest absolute Gasteiger partial charge is 0.240 e. The fourth-order valence-corrected chi connectivity index (χ4v) is 4.18. The first kappa shape index (κ1) is 18.3. The van der Waals surface area contributed by atoms with Crippen LogP contribution in [0.4, 0.5) is 0 Å². The van der Waals surface area contributed by atoms with E-state index in [2.05, 4.69) is 14.7 Å². The number of imidazole rings is 1. The van der Waals surface area contributed by atoms with Gasteiger partial charge in [-0.2, -0.15) is 0 Å². The molecule has 4 rings (SSSR count). The number of sulfonamides is 1. The molecule has 4 aromatic rings. The van der Waals surface area contributed by atoms with Crippen molar-refractivity contribution in [3.8, 4) is 0 Å². The van der Waals surface area contributed by atoms with Crippen molar-refractivity contribution in [1.29, 1.82) is 0 Å². The lowest BCUT2D eigenvalue weighted by Gasteiger charge is -2.11. The molecular formula is C21H20N4O2S. The first-order valence-corrected chi connectivity index (χ1v) is 10.4. The molecule has 0 unspecified atom stereocenters. The van der Waals surface area contributed by atoms with Crippen LogP contribution in [0.15, 0.2) is 77.8 Å². The van der Waals surface area contributed by atoms with E-state index in [0.29, 0.717) is 12.4 Å². The fraction of sp³-hybridized carbons (Fsp3) is 0.143. The number of nitrogens with zero attached hydrogens (tertiary/aromatic N) is 3. The second-order valence-corrected chi connectivity index (χ2v) is 8.35. The van der Waals surface area contributed by atoms with Crippen LogP contribution in [0, 0.1) is 6.92 Å². The lowest BCUT2D eigenvalue weighted by atomic mass is 10.2. The van der Waals surface area contributed by atoms with Gasteiger partial charge in [0.25, 0.3) is 0 Å². The highest BCUT2D eigenvalue weighted by Gasteiger charge is 2.17. The number of aryl methyl sites for hydroxylation is 1. The zero-order chi connectivity index (χ0) is 19.6. The Morgan fingerprint density at radius 1 is 1.00 bits per heavy atom. The van der Waals surface area contributed by atoms with Gasteiger partial charge in [-0.25, -0.2) is 23.1 Å². The van der Waals surface area contributed by atoms with Gasteiger partial charge in [-0.1, -0.05) is 42.5 Å². The van der Waals surface area contributed by atoms with E-state index in [1.165, 1.54) is 0 Å². The summed E-state index contributed by atoms with van der Waals surface area (Å²) in [6, 6.07) is 20.5. The van der Waals surface area contributed by atoms with E-state index >= 15 is 0 Å². The number of rotatable bonds is 6. The Labute approximate surface area is 163 Å². The average molecular weight is 392 g/mol. The Kier molecular flexibility index (Phi) is 4.93. The van der Waals surface area contributed by atoms with Crippen molar-refractivity contribution in [2.24, 2.45) is 0 Å². The molecule has 0 spiro atoms. The molecule has 7 heteroatoms. The summed E-state index contributed by atoms with van der Waals surface area (Å²) in [6.45, 7) is 2.51. The van der Waals surface area contributed by atoms with E-state index < -0.39 is 10.0 Å². The van der Waals surface area contributed by atoms with Gasteiger partial charge in [0.15, 0.2) is 5.65 Å². The predicted octanol–water partition coefficient (Wildman–Crippen LogP) is 3.27. The number of aromatic nitrogens is 3. The predicted molar refractivity (Wildman–Crippen MR) is 108 cm³/mol. The maximum absolute atomic E-state index is 12.7. The van der Waals surface area contributed by atoms with Crippen LogP contribution >= 0.6 is 0 Å². The third-order valence-corrected chi connectivity index (χ3v) is 5.89. The molecular weight excluding hydrogens is 372 g/mol. The molecule has 0 amide bonds. The van der Waals surface area contributed by atoms with Gasteiger partial charge in [-0.15, -0.1) is 0 Å². The highest BCUT2D eigenvalue weighted by molar-refractivity contribution is 7.89. The van der Waals surface area contributed by atoms with Crippen LogP contribution in [-0.4, -0.2) is 23.0 Å². The van der Waals surface area contributed by atoms with Crippen molar-refractivity contribution in [2.45, 2.75) is 24.9 Å². The van der Waals surface area contributed by atoms with Crippen LogP contribution in [0.2, 0.25) is 0 Å². The van der Waals surface area contributed by atoms with Gasteiger partial charge >= 0.3 is 0 Å². The third-order valence-electron chi connectivity index (χ3n) is 4.49. The number of benzene rings is 2. The zero-order valence-electron chi connectivity index (χ0n) is 15.4. The normalized spacial score (nSPS) is 11.8. The molecule has 0 aliphatic heterocycles. The van der Waals surface area contributed by atoms with E-state index in [-0.39, 0.29) is 11.4 Å². The summed E-state index contributed by atoms with van der Waals surface area (Å²) in [5.41, 5.74) is 3.46. The number of hydrogen-bond donors (Lipinski definition) is 1. The Morgan fingerprint density at radius 3 is 2.61 bits per heavy atom. The summed E-state index contributed by atoms with van der Waals surface area (Å²) in [7, 11) is -3.63. The van der Waals surface area contributed by atoms with E-state index in [4.69, 9.17) is 0 Å². The van der Waals surface area contributed by atoms with Gasteiger partial charge < -0.3 is 4.57 Å². The fourth-order valence-electron chi connectivity index (χ4n) is 3.10. The maximum Gasteiger partial charge on any atom is 0.240 e. The molecule has 0 bridgehead atoms. The third kappa shape index (κ3) is 3.81. The van der Waals surface area contributed by atoms with Gasteiger partial charge in [-0.05, 0) is 42.3 Å². The molecule has 28 heavy (non-hydrogen) atoms. The van der Waals surface area contributed by atoms with Crippen LogP contribution < -0.4 is 4.72 Å². The molecule has 2 aromatic heterocycles. The lowest BCUT2D eigenvalue weighted by Crippen LogP contribution is -2.25. The summed E-state index contributed by atoms with van der Waals surface area (Å²) in [5, 5.41) is 0. The van der Waals surface area contributed by atoms with Gasteiger partial charge in [0.1, 0.15) is 11.3 Å². The minimum Gasteiger partial charge on any atom is -0.307 e. The van der Waals surface area contributed by atoms with Crippen LogP contribution in [0.3, 0.4) is 0 Å². The van der Waals surface area contributed by atoms with E-state index in [1.54, 1.807) is 24.4 Å². The monoisotopic (exact) mass is 392 g/mol. The number of fused-ring (bicyclic) bond motifs is 1. The van der Waals surface area contributed by atoms with E-state index in [1.807, 2.05) is 60.0 Å². The highest BCUT2D eigenvalue weighted by atomic mass is 32.2. The van der Waals surface area contributed by atoms with Crippen molar-refractivity contribution >= 4 is 21.2 Å². The van der Waals surface area contributed by atoms with E-state index in [9.17, 15) is 8.42 Å². The Balaban J connectivity index is 1.66. The minimum atomic E-state index is -3.63. The summed E-state index contributed by atoms with van der Waals surface area (Å²) >= 11 is 0. The van der Waals surface area contributed by atoms with Gasteiger partial charge in [-0.3, -0.25) is 0 Å². The number of pyridine rings is 1. The van der Waals surface area contributed by atoms with Crippen molar-refractivity contribution in [1.82, 2.24) is 19.3 Å². The van der Waals surface area contributed by atoms with Crippen LogP contribution in [0.1, 0.15) is 17.0 Å². The Bertz CT molecular complexity index is 1220. The molecule has 0 radical (unpaired) electrons. The van der Waals surface area contributed by atoms with Crippen LogP contribution in [-0.2, 0) is 23.1 Å². The van der Waals surface area contributed by atoms with E-state index in [0.717, 1.165) is 22.3 Å². The molecule has 0 saturated carbocycles. The van der Waals surface area contributed by atoms with Crippen molar-refractivity contribution < 1.29 is 8.42 Å². The summed E-state index contributed by atoms with van der Waals surface area (Å²) in [5.74, 6) is 0.619. The topological polar surface area (TPSA) is 76.9 Å². The molecule has 1 N–H and O–H groups in total. The molecule has 6 nitrogen and oxygen atoms in total. The zero-order valence-corrected chi connectivity index (χ0v) is 16.2. The molecule has 2 heterocycles. The quantitative estimate of drug-likeness (QED) is 0.546. The highest BCUT2D eigenvalue weighted by Crippen LogP contribution is 2.17. The van der Waals surface area contributed by atoms with Gasteiger partial charge in [0, 0.05) is 6.20 Å². The second kappa shape index (κ2) is 7.53. The molecule has 2 aromatic carbocycles. The van der Waals surface area contributed by atoms with Crippen molar-refractivity contribution in [3.05, 3.63) is 89.9 Å². The van der Waals surface area contributed by atoms with Crippen molar-refractivity contribution in [3.63, 3.8) is 0 Å². The summed E-state index contributed by atoms with van der Waals surface area (Å²) in [4.78, 5) is 9.28. The minimum absolute atomic E-state index is 0.0828. The molecule has 0 aliphatic carbocycles. The largest absolute Gasteiger partial charge is 0.307 e. The van der Waals surface area contributed by atoms with Crippen LogP contribution in [0.25, 0.3) is 11.2 Å². The first-order valence-electron chi connectivity index (χ1n) is 8.93. The van der Waals surface area contributed by atoms with Crippen molar-refractivity contribution in [2.75, 3.05) is 0 Å².